The number of nitrogens with zero attached hydrogens (tertiary/aromatic N) is 2. The van der Waals surface area contributed by atoms with Crippen LogP contribution >= 0.6 is 24.8 Å². The van der Waals surface area contributed by atoms with Crippen LogP contribution in [0, 0.1) is 12.7 Å². The Kier molecular flexibility index (Phi) is 6.25. The van der Waals surface area contributed by atoms with Gasteiger partial charge < -0.3 is 10.2 Å². The average Bonchev–Trinajstić information content (AvgIpc) is 2.79. The molecule has 0 saturated carbocycles. The summed E-state index contributed by atoms with van der Waals surface area (Å²) < 4.78 is 13.4. The number of rotatable bonds is 1. The lowest BCUT2D eigenvalue weighted by Crippen LogP contribution is -2.42. The number of carbonyl (C=O) groups is 1. The van der Waals surface area contributed by atoms with E-state index in [0.29, 0.717) is 22.8 Å². The molecule has 4 rings (SSSR count). The third-order valence-corrected chi connectivity index (χ3v) is 5.09. The Morgan fingerprint density at radius 2 is 1.96 bits per heavy atom. The third kappa shape index (κ3) is 3.59. The zero-order valence-corrected chi connectivity index (χ0v) is 15.6. The summed E-state index contributed by atoms with van der Waals surface area (Å²) in [4.78, 5) is 19.6. The van der Waals surface area contributed by atoms with E-state index in [2.05, 4.69) is 15.2 Å². The summed E-state index contributed by atoms with van der Waals surface area (Å²) in [5.74, 6) is -0.238. The van der Waals surface area contributed by atoms with E-state index in [-0.39, 0.29) is 42.6 Å². The molecule has 1 aromatic carbocycles. The van der Waals surface area contributed by atoms with E-state index < -0.39 is 0 Å². The van der Waals surface area contributed by atoms with Gasteiger partial charge in [-0.2, -0.15) is 0 Å². The lowest BCUT2D eigenvalue weighted by Gasteiger charge is -2.28. The van der Waals surface area contributed by atoms with Crippen LogP contribution in [0.2, 0.25) is 0 Å². The topological polar surface area (TPSA) is 45.2 Å². The predicted octanol–water partition coefficient (Wildman–Crippen LogP) is 3.49. The van der Waals surface area contributed by atoms with Crippen molar-refractivity contribution in [1.82, 2.24) is 15.2 Å². The number of nitrogens with one attached hydrogen (secondary N) is 1. The number of aromatic nitrogens is 1. The Morgan fingerprint density at radius 1 is 1.20 bits per heavy atom. The molecule has 0 spiro atoms. The molecule has 2 fully saturated rings. The highest BCUT2D eigenvalue weighted by molar-refractivity contribution is 5.99. The van der Waals surface area contributed by atoms with Crippen LogP contribution in [0.1, 0.15) is 35.3 Å². The molecule has 1 aromatic heterocycles. The lowest BCUT2D eigenvalue weighted by atomic mass is 10.1. The zero-order valence-electron chi connectivity index (χ0n) is 14.0. The van der Waals surface area contributed by atoms with Gasteiger partial charge in [0.25, 0.3) is 5.91 Å². The maximum Gasteiger partial charge on any atom is 0.256 e. The molecule has 2 saturated heterocycles. The number of amides is 1. The van der Waals surface area contributed by atoms with Crippen molar-refractivity contribution in [3.8, 4) is 0 Å². The van der Waals surface area contributed by atoms with Crippen LogP contribution in [-0.4, -0.2) is 41.0 Å². The summed E-state index contributed by atoms with van der Waals surface area (Å²) in [6.45, 7) is 3.67. The molecular formula is C18H22Cl2FN3O. The number of halogens is 3. The van der Waals surface area contributed by atoms with Crippen LogP contribution in [0.3, 0.4) is 0 Å². The first-order chi connectivity index (χ1) is 11.1. The number of carbonyl (C=O) groups excluding carboxylic acids is 1. The summed E-state index contributed by atoms with van der Waals surface area (Å²) >= 11 is 0. The first-order valence-electron chi connectivity index (χ1n) is 8.24. The molecule has 2 aliphatic rings. The molecule has 7 heteroatoms. The molecular weight excluding hydrogens is 364 g/mol. The first-order valence-corrected chi connectivity index (χ1v) is 8.24. The number of fused-ring (bicyclic) bond motifs is 3. The van der Waals surface area contributed by atoms with E-state index in [1.165, 1.54) is 12.1 Å². The third-order valence-electron chi connectivity index (χ3n) is 5.09. The number of aryl methyl sites for hydroxylation is 1. The van der Waals surface area contributed by atoms with Crippen LogP contribution in [0.15, 0.2) is 24.3 Å². The fraction of sp³-hybridized carbons (Fsp3) is 0.444. The van der Waals surface area contributed by atoms with Gasteiger partial charge in [-0.25, -0.2) is 4.39 Å². The van der Waals surface area contributed by atoms with Crippen LogP contribution in [-0.2, 0) is 0 Å². The van der Waals surface area contributed by atoms with Gasteiger partial charge in [-0.15, -0.1) is 24.8 Å². The summed E-state index contributed by atoms with van der Waals surface area (Å²) in [5.41, 5.74) is 1.91. The summed E-state index contributed by atoms with van der Waals surface area (Å²) in [6, 6.07) is 6.97. The molecule has 2 aromatic rings. The molecule has 3 heterocycles. The van der Waals surface area contributed by atoms with Crippen molar-refractivity contribution >= 4 is 41.6 Å². The molecule has 25 heavy (non-hydrogen) atoms. The fourth-order valence-corrected chi connectivity index (χ4v) is 3.91. The Balaban J connectivity index is 0.00000113. The van der Waals surface area contributed by atoms with E-state index in [4.69, 9.17) is 0 Å². The van der Waals surface area contributed by atoms with Gasteiger partial charge in [-0.3, -0.25) is 9.78 Å². The van der Waals surface area contributed by atoms with Gasteiger partial charge in [-0.05, 0) is 50.9 Å². The average molecular weight is 386 g/mol. The second-order valence-electron chi connectivity index (χ2n) is 6.55. The fourth-order valence-electron chi connectivity index (χ4n) is 3.91. The largest absolute Gasteiger partial charge is 0.331 e. The smallest absolute Gasteiger partial charge is 0.256 e. The predicted molar refractivity (Wildman–Crippen MR) is 101 cm³/mol. The van der Waals surface area contributed by atoms with Gasteiger partial charge in [0.1, 0.15) is 5.82 Å². The van der Waals surface area contributed by atoms with Crippen molar-refractivity contribution in [2.24, 2.45) is 0 Å². The van der Waals surface area contributed by atoms with Crippen LogP contribution in [0.25, 0.3) is 10.9 Å². The van der Waals surface area contributed by atoms with Crippen molar-refractivity contribution < 1.29 is 9.18 Å². The van der Waals surface area contributed by atoms with E-state index in [0.717, 1.165) is 37.7 Å². The van der Waals surface area contributed by atoms with Gasteiger partial charge in [-0.1, -0.05) is 0 Å². The molecule has 136 valence electrons. The highest BCUT2D eigenvalue weighted by Gasteiger charge is 2.38. The molecule has 0 radical (unpaired) electrons. The number of hydrogen-bond donors (Lipinski definition) is 1. The SMILES string of the molecule is Cc1nc2cc(F)ccc2cc1C(=O)N1C2CCNCC1CC2.Cl.Cl. The minimum Gasteiger partial charge on any atom is -0.331 e. The van der Waals surface area contributed by atoms with E-state index >= 15 is 0 Å². The monoisotopic (exact) mass is 385 g/mol. The van der Waals surface area contributed by atoms with Gasteiger partial charge in [0.05, 0.1) is 16.8 Å². The highest BCUT2D eigenvalue weighted by Crippen LogP contribution is 2.30. The standard InChI is InChI=1S/C18H20FN3O.2ClH/c1-11-16(8-12-2-3-13(19)9-17(12)21-11)18(23)22-14-4-5-15(22)10-20-7-6-14;;/h2-3,8-9,14-15,20H,4-7,10H2,1H3;2*1H. The molecule has 2 unspecified atom stereocenters. The summed E-state index contributed by atoms with van der Waals surface area (Å²) in [6.07, 6.45) is 3.16. The lowest BCUT2D eigenvalue weighted by molar-refractivity contribution is 0.0679. The van der Waals surface area contributed by atoms with Crippen LogP contribution < -0.4 is 5.32 Å². The van der Waals surface area contributed by atoms with Gasteiger partial charge in [0.15, 0.2) is 0 Å². The van der Waals surface area contributed by atoms with E-state index in [9.17, 15) is 9.18 Å². The first kappa shape index (κ1) is 19.9. The Labute approximate surface area is 159 Å². The second-order valence-corrected chi connectivity index (χ2v) is 6.55. The highest BCUT2D eigenvalue weighted by atomic mass is 35.5. The Bertz CT molecular complexity index is 772. The Morgan fingerprint density at radius 3 is 2.76 bits per heavy atom. The molecule has 1 N–H and O–H groups in total. The van der Waals surface area contributed by atoms with Crippen molar-refractivity contribution in [2.45, 2.75) is 38.3 Å². The normalized spacial score (nSPS) is 22.1. The molecule has 0 aliphatic carbocycles. The summed E-state index contributed by atoms with van der Waals surface area (Å²) in [5, 5.41) is 4.22. The Hall–Kier alpha value is -1.43. The van der Waals surface area contributed by atoms with Crippen LogP contribution in [0.4, 0.5) is 4.39 Å². The second kappa shape index (κ2) is 7.85. The van der Waals surface area contributed by atoms with E-state index in [1.54, 1.807) is 6.07 Å². The van der Waals surface area contributed by atoms with Gasteiger partial charge in [0, 0.05) is 30.1 Å². The number of benzene rings is 1. The van der Waals surface area contributed by atoms with Crippen LogP contribution in [0.5, 0.6) is 0 Å². The molecule has 2 atom stereocenters. The van der Waals surface area contributed by atoms with Gasteiger partial charge in [0.2, 0.25) is 0 Å². The zero-order chi connectivity index (χ0) is 16.0. The molecule has 1 amide bonds. The van der Waals surface area contributed by atoms with E-state index in [1.807, 2.05) is 13.0 Å². The maximum atomic E-state index is 13.4. The minimum atomic E-state index is -0.305. The molecule has 4 nitrogen and oxygen atoms in total. The number of pyridine rings is 1. The van der Waals surface area contributed by atoms with Crippen molar-refractivity contribution in [2.75, 3.05) is 13.1 Å². The van der Waals surface area contributed by atoms with Crippen molar-refractivity contribution in [1.29, 1.82) is 0 Å². The maximum absolute atomic E-state index is 13.4. The molecule has 2 aliphatic heterocycles. The minimum absolute atomic E-state index is 0. The van der Waals surface area contributed by atoms with Crippen molar-refractivity contribution in [3.63, 3.8) is 0 Å². The van der Waals surface area contributed by atoms with Crippen molar-refractivity contribution in [3.05, 3.63) is 41.3 Å². The number of hydrogen-bond acceptors (Lipinski definition) is 3. The quantitative estimate of drug-likeness (QED) is 0.816. The molecule has 2 bridgehead atoms. The summed E-state index contributed by atoms with van der Waals surface area (Å²) in [7, 11) is 0. The van der Waals surface area contributed by atoms with Gasteiger partial charge >= 0.3 is 0 Å².